The van der Waals surface area contributed by atoms with Gasteiger partial charge in [-0.05, 0) is 40.2 Å². The van der Waals surface area contributed by atoms with Crippen LogP contribution in [0.25, 0.3) is 22.1 Å². The molecule has 0 radical (unpaired) electrons. The highest BCUT2D eigenvalue weighted by Crippen LogP contribution is 2.38. The summed E-state index contributed by atoms with van der Waals surface area (Å²) in [7, 11) is 0. The summed E-state index contributed by atoms with van der Waals surface area (Å²) < 4.78 is 5.54. The molecular weight excluding hydrogens is 324 g/mol. The van der Waals surface area contributed by atoms with Crippen LogP contribution in [0.15, 0.2) is 51.7 Å². The van der Waals surface area contributed by atoms with Crippen LogP contribution in [-0.4, -0.2) is 5.11 Å². The van der Waals surface area contributed by atoms with Gasteiger partial charge in [0.25, 0.3) is 0 Å². The van der Waals surface area contributed by atoms with Crippen molar-refractivity contribution in [1.29, 1.82) is 0 Å². The summed E-state index contributed by atoms with van der Waals surface area (Å²) in [5, 5.41) is 11.7. The molecule has 3 aromatic rings. The molecule has 26 heavy (non-hydrogen) atoms. The first-order valence-electron chi connectivity index (χ1n) is 8.90. The number of aromatic hydroxyl groups is 1. The molecule has 0 saturated carbocycles. The lowest BCUT2D eigenvalue weighted by Gasteiger charge is -2.26. The molecule has 2 aromatic carbocycles. The second-order valence-electron chi connectivity index (χ2n) is 8.91. The van der Waals surface area contributed by atoms with Crippen molar-refractivity contribution in [3.8, 4) is 17.1 Å². The molecule has 0 spiro atoms. The van der Waals surface area contributed by atoms with Gasteiger partial charge < -0.3 is 9.52 Å². The SMILES string of the molecule is CC(C)(C)c1cc(-c2oc(=O)c3ccccc3c2O)cc(C(C)(C)C)c1. The summed E-state index contributed by atoms with van der Waals surface area (Å²) in [4.78, 5) is 12.4. The molecule has 1 heterocycles. The minimum atomic E-state index is -0.438. The van der Waals surface area contributed by atoms with E-state index in [4.69, 9.17) is 4.42 Å². The molecule has 0 amide bonds. The van der Waals surface area contributed by atoms with Gasteiger partial charge in [0.05, 0.1) is 5.39 Å². The van der Waals surface area contributed by atoms with Gasteiger partial charge in [-0.15, -0.1) is 0 Å². The fourth-order valence-corrected chi connectivity index (χ4v) is 3.01. The Bertz CT molecular complexity index is 996. The van der Waals surface area contributed by atoms with Crippen LogP contribution in [0.3, 0.4) is 0 Å². The van der Waals surface area contributed by atoms with Crippen LogP contribution < -0.4 is 5.63 Å². The number of hydrogen-bond donors (Lipinski definition) is 1. The monoisotopic (exact) mass is 350 g/mol. The van der Waals surface area contributed by atoms with Crippen LogP contribution in [0.1, 0.15) is 52.7 Å². The predicted molar refractivity (Wildman–Crippen MR) is 107 cm³/mol. The fourth-order valence-electron chi connectivity index (χ4n) is 3.01. The zero-order chi connectivity index (χ0) is 19.3. The minimum absolute atomic E-state index is 0.00567. The highest BCUT2D eigenvalue weighted by molar-refractivity contribution is 5.91. The predicted octanol–water partition coefficient (Wildman–Crippen LogP) is 5.76. The second-order valence-corrected chi connectivity index (χ2v) is 8.91. The Kier molecular flexibility index (Phi) is 4.22. The summed E-state index contributed by atoms with van der Waals surface area (Å²) in [5.74, 6) is 0.233. The van der Waals surface area contributed by atoms with Crippen molar-refractivity contribution < 1.29 is 9.52 Å². The first kappa shape index (κ1) is 18.2. The quantitative estimate of drug-likeness (QED) is 0.607. The molecule has 3 heteroatoms. The summed E-state index contributed by atoms with van der Waals surface area (Å²) in [6, 6.07) is 13.2. The van der Waals surface area contributed by atoms with Gasteiger partial charge in [-0.1, -0.05) is 65.8 Å². The van der Waals surface area contributed by atoms with Gasteiger partial charge in [-0.2, -0.15) is 0 Å². The summed E-state index contributed by atoms with van der Waals surface area (Å²) in [6.07, 6.45) is 0. The standard InChI is InChI=1S/C23H26O3/c1-22(2,3)15-11-14(12-16(13-15)23(4,5)6)20-19(24)17-9-7-8-10-18(17)21(25)26-20/h7-13,24H,1-6H3. The molecule has 0 aliphatic rings. The first-order valence-corrected chi connectivity index (χ1v) is 8.90. The van der Waals surface area contributed by atoms with E-state index in [-0.39, 0.29) is 22.3 Å². The molecule has 136 valence electrons. The molecule has 1 N–H and O–H groups in total. The molecule has 0 atom stereocenters. The Balaban J connectivity index is 2.35. The molecule has 0 unspecified atom stereocenters. The Labute approximate surface area is 154 Å². The molecule has 3 nitrogen and oxygen atoms in total. The molecule has 1 aromatic heterocycles. The number of rotatable bonds is 1. The van der Waals surface area contributed by atoms with Crippen LogP contribution in [0.4, 0.5) is 0 Å². The minimum Gasteiger partial charge on any atom is -0.504 e. The zero-order valence-corrected chi connectivity index (χ0v) is 16.3. The summed E-state index contributed by atoms with van der Waals surface area (Å²) in [6.45, 7) is 12.9. The molecular formula is C23H26O3. The van der Waals surface area contributed by atoms with E-state index in [1.54, 1.807) is 24.3 Å². The van der Waals surface area contributed by atoms with Crippen molar-refractivity contribution in [2.75, 3.05) is 0 Å². The average molecular weight is 350 g/mol. The highest BCUT2D eigenvalue weighted by atomic mass is 16.4. The van der Waals surface area contributed by atoms with Crippen molar-refractivity contribution in [3.05, 3.63) is 64.0 Å². The van der Waals surface area contributed by atoms with E-state index in [0.717, 1.165) is 16.7 Å². The van der Waals surface area contributed by atoms with Crippen LogP contribution in [0.2, 0.25) is 0 Å². The molecule has 0 bridgehead atoms. The molecule has 0 saturated heterocycles. The lowest BCUT2D eigenvalue weighted by molar-refractivity contribution is 0.442. The van der Waals surface area contributed by atoms with Crippen molar-refractivity contribution in [3.63, 3.8) is 0 Å². The second kappa shape index (κ2) is 6.01. The van der Waals surface area contributed by atoms with E-state index in [9.17, 15) is 9.90 Å². The van der Waals surface area contributed by atoms with Gasteiger partial charge in [0, 0.05) is 10.9 Å². The maximum Gasteiger partial charge on any atom is 0.344 e. The third-order valence-corrected chi connectivity index (χ3v) is 4.74. The largest absolute Gasteiger partial charge is 0.504 e. The maximum absolute atomic E-state index is 12.4. The van der Waals surface area contributed by atoms with Crippen molar-refractivity contribution in [2.45, 2.75) is 52.4 Å². The third-order valence-electron chi connectivity index (χ3n) is 4.74. The first-order chi connectivity index (χ1) is 12.0. The van der Waals surface area contributed by atoms with E-state index >= 15 is 0 Å². The normalized spacial score (nSPS) is 12.5. The Morgan fingerprint density at radius 1 is 0.808 bits per heavy atom. The van der Waals surface area contributed by atoms with Crippen molar-refractivity contribution in [1.82, 2.24) is 0 Å². The van der Waals surface area contributed by atoms with E-state index < -0.39 is 5.63 Å². The van der Waals surface area contributed by atoms with Crippen molar-refractivity contribution >= 4 is 10.8 Å². The lowest BCUT2D eigenvalue weighted by atomic mass is 9.79. The highest BCUT2D eigenvalue weighted by Gasteiger charge is 2.23. The molecule has 0 aliphatic heterocycles. The van der Waals surface area contributed by atoms with Crippen LogP contribution in [0.5, 0.6) is 5.75 Å². The zero-order valence-electron chi connectivity index (χ0n) is 16.3. The lowest BCUT2D eigenvalue weighted by Crippen LogP contribution is -2.16. The van der Waals surface area contributed by atoms with Gasteiger partial charge in [-0.3, -0.25) is 0 Å². The smallest absolute Gasteiger partial charge is 0.344 e. The van der Waals surface area contributed by atoms with Gasteiger partial charge in [0.15, 0.2) is 11.5 Å². The maximum atomic E-state index is 12.4. The summed E-state index contributed by atoms with van der Waals surface area (Å²) >= 11 is 0. The van der Waals surface area contributed by atoms with Gasteiger partial charge in [0.1, 0.15) is 0 Å². The average Bonchev–Trinajstić information content (AvgIpc) is 2.56. The Morgan fingerprint density at radius 2 is 1.31 bits per heavy atom. The van der Waals surface area contributed by atoms with Gasteiger partial charge in [-0.25, -0.2) is 4.79 Å². The van der Waals surface area contributed by atoms with E-state index in [2.05, 4.69) is 47.6 Å². The van der Waals surface area contributed by atoms with E-state index in [1.807, 2.05) is 12.1 Å². The Morgan fingerprint density at radius 3 is 1.81 bits per heavy atom. The van der Waals surface area contributed by atoms with Crippen LogP contribution >= 0.6 is 0 Å². The van der Waals surface area contributed by atoms with Crippen molar-refractivity contribution in [2.24, 2.45) is 0 Å². The topological polar surface area (TPSA) is 50.4 Å². The molecule has 0 aliphatic carbocycles. The number of fused-ring (bicyclic) bond motifs is 1. The number of benzene rings is 2. The summed E-state index contributed by atoms with van der Waals surface area (Å²) in [5.41, 5.74) is 2.42. The van der Waals surface area contributed by atoms with Crippen LogP contribution in [-0.2, 0) is 10.8 Å². The Hall–Kier alpha value is -2.55. The molecule has 3 rings (SSSR count). The van der Waals surface area contributed by atoms with E-state index in [0.29, 0.717) is 10.8 Å². The van der Waals surface area contributed by atoms with Crippen LogP contribution in [0, 0.1) is 0 Å². The van der Waals surface area contributed by atoms with Gasteiger partial charge in [0.2, 0.25) is 0 Å². The third kappa shape index (κ3) is 3.26. The van der Waals surface area contributed by atoms with E-state index in [1.165, 1.54) is 0 Å². The molecule has 0 fully saturated rings. The van der Waals surface area contributed by atoms with Gasteiger partial charge >= 0.3 is 5.63 Å². The fraction of sp³-hybridized carbons (Fsp3) is 0.348. The number of hydrogen-bond acceptors (Lipinski definition) is 3.